The molecule has 0 atom stereocenters. The number of halogens is 2. The van der Waals surface area contributed by atoms with Crippen LogP contribution in [0.15, 0.2) is 66.7 Å². The van der Waals surface area contributed by atoms with Crippen LogP contribution in [0.4, 0.5) is 8.78 Å². The minimum Gasteiger partial charge on any atom is -0.233 e. The summed E-state index contributed by atoms with van der Waals surface area (Å²) in [6, 6.07) is 20.1. The van der Waals surface area contributed by atoms with Gasteiger partial charge in [-0.15, -0.1) is 0 Å². The van der Waals surface area contributed by atoms with Crippen molar-refractivity contribution >= 4 is 10.2 Å². The van der Waals surface area contributed by atoms with Gasteiger partial charge in [0, 0.05) is 5.56 Å². The number of benzene rings is 2. The second kappa shape index (κ2) is 7.97. The molecule has 0 fully saturated rings. The number of para-hydroxylation sites is 1. The Bertz CT molecular complexity index is 849. The molecule has 1 heterocycles. The minimum atomic E-state index is -3.67. The van der Waals surface area contributed by atoms with Gasteiger partial charge in [0.15, 0.2) is 0 Å². The number of nitrogens with two attached hydrogens (primary N) is 2. The number of nitrogens with zero attached hydrogens (tertiary/aromatic N) is 2. The number of aromatic nitrogens is 2. The van der Waals surface area contributed by atoms with E-state index in [0.29, 0.717) is 5.69 Å². The van der Waals surface area contributed by atoms with E-state index in [9.17, 15) is 17.2 Å². The maximum absolute atomic E-state index is 12.9. The Balaban J connectivity index is 0.000000399. The van der Waals surface area contributed by atoms with Crippen LogP contribution < -0.4 is 10.3 Å². The molecule has 4 N–H and O–H groups in total. The number of rotatable bonds is 3. The molecule has 0 spiro atoms. The van der Waals surface area contributed by atoms with Crippen LogP contribution >= 0.6 is 0 Å². The first-order chi connectivity index (χ1) is 11.8. The Kier molecular flexibility index (Phi) is 5.97. The molecule has 9 heteroatoms. The van der Waals surface area contributed by atoms with Gasteiger partial charge in [0.2, 0.25) is 0 Å². The molecular weight excluding hydrogens is 350 g/mol. The van der Waals surface area contributed by atoms with Crippen molar-refractivity contribution in [3.05, 3.63) is 72.4 Å². The quantitative estimate of drug-likeness (QED) is 0.744. The SMILES string of the molecule is FC(F)c1cc(-c2ccccc2)n(-c2ccccc2)n1.NS(N)(=O)=O. The largest absolute Gasteiger partial charge is 0.282 e. The fraction of sp³-hybridized carbons (Fsp3) is 0.0625. The molecule has 0 bridgehead atoms. The van der Waals surface area contributed by atoms with Gasteiger partial charge < -0.3 is 0 Å². The first kappa shape index (κ1) is 18.7. The van der Waals surface area contributed by atoms with Gasteiger partial charge in [-0.3, -0.25) is 0 Å². The molecule has 25 heavy (non-hydrogen) atoms. The lowest BCUT2D eigenvalue weighted by atomic mass is 10.1. The van der Waals surface area contributed by atoms with Crippen molar-refractivity contribution in [2.45, 2.75) is 6.43 Å². The maximum atomic E-state index is 12.9. The highest BCUT2D eigenvalue weighted by molar-refractivity contribution is 7.86. The molecule has 1 aromatic heterocycles. The summed E-state index contributed by atoms with van der Waals surface area (Å²) < 4.78 is 45.8. The van der Waals surface area contributed by atoms with Gasteiger partial charge in [0.05, 0.1) is 11.4 Å². The first-order valence-corrected chi connectivity index (χ1v) is 8.66. The maximum Gasteiger partial charge on any atom is 0.282 e. The molecule has 3 rings (SSSR count). The second-order valence-corrected chi connectivity index (χ2v) is 6.14. The molecule has 0 radical (unpaired) electrons. The third kappa shape index (κ3) is 5.75. The van der Waals surface area contributed by atoms with Gasteiger partial charge in [0.1, 0.15) is 5.69 Å². The molecule has 132 valence electrons. The van der Waals surface area contributed by atoms with Crippen LogP contribution in [-0.2, 0) is 10.2 Å². The molecule has 0 saturated carbocycles. The van der Waals surface area contributed by atoms with E-state index < -0.39 is 16.6 Å². The summed E-state index contributed by atoms with van der Waals surface area (Å²) in [5, 5.41) is 12.2. The third-order valence-corrected chi connectivity index (χ3v) is 3.02. The minimum absolute atomic E-state index is 0.215. The molecule has 0 saturated heterocycles. The van der Waals surface area contributed by atoms with Gasteiger partial charge in [-0.1, -0.05) is 48.5 Å². The van der Waals surface area contributed by atoms with E-state index in [-0.39, 0.29) is 5.69 Å². The van der Waals surface area contributed by atoms with Crippen molar-refractivity contribution < 1.29 is 17.2 Å². The number of alkyl halides is 2. The van der Waals surface area contributed by atoms with Gasteiger partial charge in [0.25, 0.3) is 16.6 Å². The summed E-state index contributed by atoms with van der Waals surface area (Å²) in [7, 11) is -3.67. The zero-order valence-electron chi connectivity index (χ0n) is 13.0. The van der Waals surface area contributed by atoms with Gasteiger partial charge in [-0.25, -0.2) is 23.7 Å². The smallest absolute Gasteiger partial charge is 0.233 e. The highest BCUT2D eigenvalue weighted by Gasteiger charge is 2.17. The van der Waals surface area contributed by atoms with E-state index in [4.69, 9.17) is 0 Å². The van der Waals surface area contributed by atoms with Gasteiger partial charge in [-0.05, 0) is 18.2 Å². The van der Waals surface area contributed by atoms with Crippen molar-refractivity contribution in [1.29, 1.82) is 0 Å². The molecule has 0 aliphatic carbocycles. The molecule has 0 aliphatic rings. The third-order valence-electron chi connectivity index (χ3n) is 3.02. The van der Waals surface area contributed by atoms with Crippen LogP contribution in [0.3, 0.4) is 0 Å². The van der Waals surface area contributed by atoms with Crippen molar-refractivity contribution in [3.63, 3.8) is 0 Å². The fourth-order valence-corrected chi connectivity index (χ4v) is 2.09. The fourth-order valence-electron chi connectivity index (χ4n) is 2.09. The van der Waals surface area contributed by atoms with Crippen LogP contribution in [0.25, 0.3) is 16.9 Å². The zero-order valence-corrected chi connectivity index (χ0v) is 13.8. The van der Waals surface area contributed by atoms with Crippen LogP contribution in [0, 0.1) is 0 Å². The highest BCUT2D eigenvalue weighted by Crippen LogP contribution is 2.27. The van der Waals surface area contributed by atoms with Crippen LogP contribution in [0.1, 0.15) is 12.1 Å². The summed E-state index contributed by atoms with van der Waals surface area (Å²) in [6.45, 7) is 0. The summed E-state index contributed by atoms with van der Waals surface area (Å²) in [6.07, 6.45) is -2.58. The standard InChI is InChI=1S/C16H12F2N2.H4N2O2S/c17-16(18)14-11-15(12-7-3-1-4-8-12)20(19-14)13-9-5-2-6-10-13;1-5(2,3)4/h1-11,16H;(H4,1,2,3,4). The Morgan fingerprint density at radius 2 is 1.40 bits per heavy atom. The Labute approximate surface area is 143 Å². The lowest BCUT2D eigenvalue weighted by molar-refractivity contribution is 0.145. The number of hydrogen-bond donors (Lipinski definition) is 2. The Morgan fingerprint density at radius 3 is 1.88 bits per heavy atom. The average molecular weight is 366 g/mol. The molecule has 3 aromatic rings. The Morgan fingerprint density at radius 1 is 0.920 bits per heavy atom. The van der Waals surface area contributed by atoms with Gasteiger partial charge in [-0.2, -0.15) is 13.5 Å². The summed E-state index contributed by atoms with van der Waals surface area (Å²) >= 11 is 0. The summed E-state index contributed by atoms with van der Waals surface area (Å²) in [5.41, 5.74) is 2.06. The molecule has 0 amide bonds. The average Bonchev–Trinajstić information content (AvgIpc) is 3.00. The van der Waals surface area contributed by atoms with Crippen LogP contribution in [0.2, 0.25) is 0 Å². The number of hydrogen-bond acceptors (Lipinski definition) is 3. The molecule has 0 unspecified atom stereocenters. The van der Waals surface area contributed by atoms with Crippen LogP contribution in [-0.4, -0.2) is 18.2 Å². The van der Waals surface area contributed by atoms with E-state index in [1.165, 1.54) is 6.07 Å². The van der Waals surface area contributed by atoms with Crippen molar-refractivity contribution in [2.24, 2.45) is 10.3 Å². The highest BCUT2D eigenvalue weighted by atomic mass is 32.2. The summed E-state index contributed by atoms with van der Waals surface area (Å²) in [5.74, 6) is 0. The van der Waals surface area contributed by atoms with Crippen LogP contribution in [0.5, 0.6) is 0 Å². The first-order valence-electron chi connectivity index (χ1n) is 7.05. The van der Waals surface area contributed by atoms with Crippen molar-refractivity contribution in [2.75, 3.05) is 0 Å². The predicted molar refractivity (Wildman–Crippen MR) is 91.3 cm³/mol. The lowest BCUT2D eigenvalue weighted by Crippen LogP contribution is -2.21. The van der Waals surface area contributed by atoms with E-state index in [1.54, 1.807) is 4.68 Å². The second-order valence-electron chi connectivity index (χ2n) is 4.96. The van der Waals surface area contributed by atoms with Gasteiger partial charge >= 0.3 is 0 Å². The van der Waals surface area contributed by atoms with E-state index >= 15 is 0 Å². The lowest BCUT2D eigenvalue weighted by Gasteiger charge is -2.07. The summed E-state index contributed by atoms with van der Waals surface area (Å²) in [4.78, 5) is 0. The Hall–Kier alpha value is -2.62. The normalized spacial score (nSPS) is 11.1. The molecule has 2 aromatic carbocycles. The zero-order chi connectivity index (χ0) is 18.4. The van der Waals surface area contributed by atoms with Crippen molar-refractivity contribution in [1.82, 2.24) is 9.78 Å². The monoisotopic (exact) mass is 366 g/mol. The topological polar surface area (TPSA) is 104 Å². The van der Waals surface area contributed by atoms with E-state index in [1.807, 2.05) is 60.7 Å². The molecular formula is C16H16F2N4O2S. The van der Waals surface area contributed by atoms with Crippen molar-refractivity contribution in [3.8, 4) is 16.9 Å². The van der Waals surface area contributed by atoms with E-state index in [0.717, 1.165) is 11.3 Å². The predicted octanol–water partition coefficient (Wildman–Crippen LogP) is 2.63. The molecule has 0 aliphatic heterocycles. The van der Waals surface area contributed by atoms with E-state index in [2.05, 4.69) is 15.4 Å². The molecule has 6 nitrogen and oxygen atoms in total.